The monoisotopic (exact) mass is 276 g/mol. The van der Waals surface area contributed by atoms with Crippen LogP contribution in [0.15, 0.2) is 35.7 Å². The van der Waals surface area contributed by atoms with E-state index in [4.69, 9.17) is 10.00 Å². The van der Waals surface area contributed by atoms with Gasteiger partial charge in [0.05, 0.1) is 5.56 Å². The lowest BCUT2D eigenvalue weighted by Crippen LogP contribution is -2.20. The number of nitriles is 1. The summed E-state index contributed by atoms with van der Waals surface area (Å²) in [7, 11) is 0. The second-order valence-electron chi connectivity index (χ2n) is 3.57. The number of carbonyl (C=O) groups is 1. The zero-order valence-electron chi connectivity index (χ0n) is 9.72. The van der Waals surface area contributed by atoms with Gasteiger partial charge in [0, 0.05) is 6.07 Å². The molecule has 0 aliphatic carbocycles. The Morgan fingerprint density at radius 2 is 2.32 bits per heavy atom. The smallest absolute Gasteiger partial charge is 0.262 e. The van der Waals surface area contributed by atoms with E-state index in [1.807, 2.05) is 6.07 Å². The number of nitrogens with one attached hydrogen (secondary N) is 1. The Morgan fingerprint density at radius 1 is 1.47 bits per heavy atom. The van der Waals surface area contributed by atoms with Crippen molar-refractivity contribution in [3.05, 3.63) is 47.1 Å². The third kappa shape index (κ3) is 3.53. The number of thiophene rings is 1. The van der Waals surface area contributed by atoms with E-state index in [0.29, 0.717) is 10.6 Å². The zero-order valence-corrected chi connectivity index (χ0v) is 10.5. The standard InChI is InChI=1S/C13H9FN2O2S/c14-10-2-1-3-11(6-10)18-8-12(17)16-13-9(7-15)4-5-19-13/h1-6H,8H2,(H,16,17). The Balaban J connectivity index is 1.91. The Labute approximate surface area is 113 Å². The Kier molecular flexibility index (Phi) is 4.11. The number of hydrogen-bond donors (Lipinski definition) is 1. The molecule has 19 heavy (non-hydrogen) atoms. The van der Waals surface area contributed by atoms with Crippen LogP contribution in [0.1, 0.15) is 5.56 Å². The first kappa shape index (κ1) is 13.1. The predicted octanol–water partition coefficient (Wildman–Crippen LogP) is 2.78. The highest BCUT2D eigenvalue weighted by Gasteiger charge is 2.08. The molecule has 4 nitrogen and oxygen atoms in total. The highest BCUT2D eigenvalue weighted by Crippen LogP contribution is 2.22. The van der Waals surface area contributed by atoms with Crippen molar-refractivity contribution < 1.29 is 13.9 Å². The third-order valence-corrected chi connectivity index (χ3v) is 3.03. The van der Waals surface area contributed by atoms with Crippen LogP contribution in [-0.2, 0) is 4.79 Å². The second-order valence-corrected chi connectivity index (χ2v) is 4.49. The van der Waals surface area contributed by atoms with Gasteiger partial charge in [0.25, 0.3) is 5.91 Å². The minimum atomic E-state index is -0.428. The van der Waals surface area contributed by atoms with Gasteiger partial charge in [-0.2, -0.15) is 5.26 Å². The van der Waals surface area contributed by atoms with Crippen LogP contribution in [0.5, 0.6) is 5.75 Å². The Bertz CT molecular complexity index is 634. The summed E-state index contributed by atoms with van der Waals surface area (Å²) in [4.78, 5) is 11.6. The number of rotatable bonds is 4. The van der Waals surface area contributed by atoms with Crippen molar-refractivity contribution in [1.29, 1.82) is 5.26 Å². The van der Waals surface area contributed by atoms with E-state index in [-0.39, 0.29) is 12.4 Å². The molecule has 0 saturated carbocycles. The normalized spacial score (nSPS) is 9.68. The topological polar surface area (TPSA) is 62.1 Å². The maximum Gasteiger partial charge on any atom is 0.262 e. The molecule has 0 atom stereocenters. The highest BCUT2D eigenvalue weighted by atomic mass is 32.1. The zero-order chi connectivity index (χ0) is 13.7. The number of ether oxygens (including phenoxy) is 1. The molecular weight excluding hydrogens is 267 g/mol. The molecule has 1 aromatic heterocycles. The molecule has 1 amide bonds. The molecule has 2 rings (SSSR count). The molecule has 0 unspecified atom stereocenters. The molecular formula is C13H9FN2O2S. The SMILES string of the molecule is N#Cc1ccsc1NC(=O)COc1cccc(F)c1. The third-order valence-electron chi connectivity index (χ3n) is 2.20. The number of anilines is 1. The number of benzene rings is 1. The van der Waals surface area contributed by atoms with E-state index in [0.717, 1.165) is 0 Å². The first-order valence-corrected chi connectivity index (χ1v) is 6.23. The number of halogens is 1. The van der Waals surface area contributed by atoms with Crippen molar-refractivity contribution in [1.82, 2.24) is 0 Å². The van der Waals surface area contributed by atoms with Gasteiger partial charge < -0.3 is 10.1 Å². The van der Waals surface area contributed by atoms with Crippen molar-refractivity contribution in [3.8, 4) is 11.8 Å². The molecule has 1 aromatic carbocycles. The minimum absolute atomic E-state index is 0.244. The summed E-state index contributed by atoms with van der Waals surface area (Å²) in [5, 5.41) is 13.5. The van der Waals surface area contributed by atoms with Crippen molar-refractivity contribution in [3.63, 3.8) is 0 Å². The summed E-state index contributed by atoms with van der Waals surface area (Å²) < 4.78 is 18.0. The number of nitrogens with zero attached hydrogens (tertiary/aromatic N) is 1. The summed E-state index contributed by atoms with van der Waals surface area (Å²) in [6.45, 7) is -0.244. The molecule has 0 saturated heterocycles. The van der Waals surface area contributed by atoms with Crippen molar-refractivity contribution >= 4 is 22.2 Å². The average Bonchev–Trinajstić information content (AvgIpc) is 2.84. The molecule has 0 radical (unpaired) electrons. The fourth-order valence-electron chi connectivity index (χ4n) is 1.36. The van der Waals surface area contributed by atoms with Gasteiger partial charge in [0.2, 0.25) is 0 Å². The van der Waals surface area contributed by atoms with E-state index in [1.54, 1.807) is 17.5 Å². The largest absolute Gasteiger partial charge is 0.484 e. The van der Waals surface area contributed by atoms with Crippen LogP contribution in [0.2, 0.25) is 0 Å². The minimum Gasteiger partial charge on any atom is -0.484 e. The van der Waals surface area contributed by atoms with E-state index < -0.39 is 11.7 Å². The maximum absolute atomic E-state index is 12.9. The molecule has 1 N–H and O–H groups in total. The van der Waals surface area contributed by atoms with Crippen molar-refractivity contribution in [2.75, 3.05) is 11.9 Å². The summed E-state index contributed by atoms with van der Waals surface area (Å²) >= 11 is 1.26. The number of hydrogen-bond acceptors (Lipinski definition) is 4. The van der Waals surface area contributed by atoms with E-state index >= 15 is 0 Å². The first-order chi connectivity index (χ1) is 9.19. The van der Waals surface area contributed by atoms with Crippen molar-refractivity contribution in [2.45, 2.75) is 0 Å². The van der Waals surface area contributed by atoms with Gasteiger partial charge in [-0.25, -0.2) is 4.39 Å². The Morgan fingerprint density at radius 3 is 3.05 bits per heavy atom. The van der Waals surface area contributed by atoms with Gasteiger partial charge in [-0.05, 0) is 23.6 Å². The van der Waals surface area contributed by atoms with Crippen LogP contribution < -0.4 is 10.1 Å². The van der Waals surface area contributed by atoms with E-state index in [1.165, 1.54) is 29.5 Å². The van der Waals surface area contributed by atoms with Gasteiger partial charge in [-0.3, -0.25) is 4.79 Å². The van der Waals surface area contributed by atoms with E-state index in [9.17, 15) is 9.18 Å². The van der Waals surface area contributed by atoms with Gasteiger partial charge in [-0.1, -0.05) is 6.07 Å². The maximum atomic E-state index is 12.9. The lowest BCUT2D eigenvalue weighted by molar-refractivity contribution is -0.118. The molecule has 0 aliphatic rings. The quantitative estimate of drug-likeness (QED) is 0.934. The lowest BCUT2D eigenvalue weighted by atomic mass is 10.3. The lowest BCUT2D eigenvalue weighted by Gasteiger charge is -2.06. The summed E-state index contributed by atoms with van der Waals surface area (Å²) in [5.41, 5.74) is 0.407. The number of carbonyl (C=O) groups excluding carboxylic acids is 1. The molecule has 96 valence electrons. The van der Waals surface area contributed by atoms with Crippen LogP contribution in [0.25, 0.3) is 0 Å². The van der Waals surface area contributed by atoms with Gasteiger partial charge >= 0.3 is 0 Å². The molecule has 0 spiro atoms. The van der Waals surface area contributed by atoms with Crippen LogP contribution in [0, 0.1) is 17.1 Å². The summed E-state index contributed by atoms with van der Waals surface area (Å²) in [6.07, 6.45) is 0. The second kappa shape index (κ2) is 5.98. The fraction of sp³-hybridized carbons (Fsp3) is 0.0769. The van der Waals surface area contributed by atoms with Gasteiger partial charge in [-0.15, -0.1) is 11.3 Å². The van der Waals surface area contributed by atoms with E-state index in [2.05, 4.69) is 5.32 Å². The number of amides is 1. The molecule has 2 aromatic rings. The summed E-state index contributed by atoms with van der Waals surface area (Å²) in [6, 6.07) is 9.12. The fourth-order valence-corrected chi connectivity index (χ4v) is 2.12. The highest BCUT2D eigenvalue weighted by molar-refractivity contribution is 7.14. The predicted molar refractivity (Wildman–Crippen MR) is 69.6 cm³/mol. The first-order valence-electron chi connectivity index (χ1n) is 5.35. The van der Waals surface area contributed by atoms with Crippen LogP contribution >= 0.6 is 11.3 Å². The van der Waals surface area contributed by atoms with Crippen LogP contribution in [0.3, 0.4) is 0 Å². The average molecular weight is 276 g/mol. The molecule has 0 bridgehead atoms. The van der Waals surface area contributed by atoms with Crippen LogP contribution in [0.4, 0.5) is 9.39 Å². The summed E-state index contributed by atoms with van der Waals surface area (Å²) in [5.74, 6) is -0.548. The van der Waals surface area contributed by atoms with Crippen LogP contribution in [-0.4, -0.2) is 12.5 Å². The van der Waals surface area contributed by atoms with Gasteiger partial charge in [0.15, 0.2) is 6.61 Å². The van der Waals surface area contributed by atoms with Gasteiger partial charge in [0.1, 0.15) is 22.6 Å². The molecule has 0 aliphatic heterocycles. The van der Waals surface area contributed by atoms with Crippen molar-refractivity contribution in [2.24, 2.45) is 0 Å². The Hall–Kier alpha value is -2.39. The molecule has 0 fully saturated rings. The molecule has 1 heterocycles. The molecule has 6 heteroatoms.